The highest BCUT2D eigenvalue weighted by atomic mass is 79.9. The van der Waals surface area contributed by atoms with Crippen LogP contribution in [0.4, 0.5) is 0 Å². The molecule has 0 fully saturated rings. The number of ether oxygens (including phenoxy) is 1. The van der Waals surface area contributed by atoms with Crippen molar-refractivity contribution >= 4 is 28.1 Å². The fourth-order valence-electron chi connectivity index (χ4n) is 0.978. The van der Waals surface area contributed by atoms with E-state index < -0.39 is 12.0 Å². The number of nitrogens with two attached hydrogens (primary N) is 1. The summed E-state index contributed by atoms with van der Waals surface area (Å²) in [6, 6.07) is 5.02. The van der Waals surface area contributed by atoms with Gasteiger partial charge < -0.3 is 10.5 Å². The molecule has 1 aromatic carbocycles. The molecule has 1 rings (SSSR count). The number of amides is 1. The van der Waals surface area contributed by atoms with Crippen LogP contribution in [-0.4, -0.2) is 18.3 Å². The molecule has 0 bridgehead atoms. The first-order valence-electron chi connectivity index (χ1n) is 4.26. The summed E-state index contributed by atoms with van der Waals surface area (Å²) in [5.74, 6) is -0.249. The number of primary amides is 1. The maximum Gasteiger partial charge on any atom is 0.258 e. The average Bonchev–Trinajstić information content (AvgIpc) is 2.20. The zero-order chi connectivity index (χ0) is 11.4. The molecule has 1 unspecified atom stereocenters. The lowest BCUT2D eigenvalue weighted by Crippen LogP contribution is -2.31. The Bertz CT molecular complexity index is 392. The highest BCUT2D eigenvalue weighted by Gasteiger charge is 2.15. The van der Waals surface area contributed by atoms with E-state index in [0.29, 0.717) is 22.1 Å². The van der Waals surface area contributed by atoms with E-state index in [9.17, 15) is 9.59 Å². The van der Waals surface area contributed by atoms with Crippen LogP contribution in [0.15, 0.2) is 22.7 Å². The molecule has 0 heterocycles. The summed E-state index contributed by atoms with van der Waals surface area (Å²) in [7, 11) is 0. The summed E-state index contributed by atoms with van der Waals surface area (Å²) in [6.07, 6.45) is -0.115. The van der Waals surface area contributed by atoms with Crippen LogP contribution in [0.5, 0.6) is 5.75 Å². The number of carbonyl (C=O) groups is 2. The van der Waals surface area contributed by atoms with Crippen molar-refractivity contribution in [3.8, 4) is 5.75 Å². The minimum absolute atomic E-state index is 0.332. The summed E-state index contributed by atoms with van der Waals surface area (Å²) in [5, 5.41) is 0. The molecule has 0 aromatic heterocycles. The molecule has 0 aliphatic rings. The highest BCUT2D eigenvalue weighted by Crippen LogP contribution is 2.28. The first-order valence-corrected chi connectivity index (χ1v) is 5.05. The van der Waals surface area contributed by atoms with Crippen LogP contribution in [0, 0.1) is 0 Å². The Morgan fingerprint density at radius 3 is 2.80 bits per heavy atom. The van der Waals surface area contributed by atoms with Gasteiger partial charge in [-0.1, -0.05) is 6.07 Å². The zero-order valence-electron chi connectivity index (χ0n) is 8.07. The van der Waals surface area contributed by atoms with E-state index in [1.54, 1.807) is 18.2 Å². The zero-order valence-corrected chi connectivity index (χ0v) is 9.65. The van der Waals surface area contributed by atoms with Crippen molar-refractivity contribution in [2.24, 2.45) is 5.73 Å². The Morgan fingerprint density at radius 2 is 2.27 bits per heavy atom. The third kappa shape index (κ3) is 2.79. The monoisotopic (exact) mass is 271 g/mol. The molecule has 0 aliphatic carbocycles. The van der Waals surface area contributed by atoms with E-state index >= 15 is 0 Å². The quantitative estimate of drug-likeness (QED) is 0.845. The fourth-order valence-corrected chi connectivity index (χ4v) is 1.45. The predicted octanol–water partition coefficient (Wildman–Crippen LogP) is 1.51. The van der Waals surface area contributed by atoms with Gasteiger partial charge in [0.05, 0.1) is 10.0 Å². The number of hydrogen-bond donors (Lipinski definition) is 1. The summed E-state index contributed by atoms with van der Waals surface area (Å²) in [6.45, 7) is 1.52. The molecule has 0 saturated carbocycles. The Morgan fingerprint density at radius 1 is 1.60 bits per heavy atom. The molecule has 1 atom stereocenters. The van der Waals surface area contributed by atoms with Gasteiger partial charge in [-0.2, -0.15) is 0 Å². The molecule has 0 radical (unpaired) electrons. The van der Waals surface area contributed by atoms with Gasteiger partial charge in [-0.15, -0.1) is 0 Å². The molecular formula is C10H10BrNO3. The van der Waals surface area contributed by atoms with Crippen LogP contribution in [-0.2, 0) is 4.79 Å². The second kappa shape index (κ2) is 4.93. The Labute approximate surface area is 95.5 Å². The minimum atomic E-state index is -0.776. The Hall–Kier alpha value is -1.36. The summed E-state index contributed by atoms with van der Waals surface area (Å²) in [5.41, 5.74) is 5.43. The van der Waals surface area contributed by atoms with E-state index in [2.05, 4.69) is 15.9 Å². The SMILES string of the molecule is CC(Oc1c(Br)cccc1C=O)C(N)=O. The second-order valence-electron chi connectivity index (χ2n) is 2.94. The number of para-hydroxylation sites is 1. The second-order valence-corrected chi connectivity index (χ2v) is 3.79. The van der Waals surface area contributed by atoms with Gasteiger partial charge in [-0.05, 0) is 35.0 Å². The molecule has 4 nitrogen and oxygen atoms in total. The number of hydrogen-bond acceptors (Lipinski definition) is 3. The maximum absolute atomic E-state index is 10.8. The molecule has 1 amide bonds. The molecule has 2 N–H and O–H groups in total. The topological polar surface area (TPSA) is 69.4 Å². The van der Waals surface area contributed by atoms with Crippen molar-refractivity contribution in [1.29, 1.82) is 0 Å². The van der Waals surface area contributed by atoms with Crippen molar-refractivity contribution in [3.05, 3.63) is 28.2 Å². The van der Waals surface area contributed by atoms with E-state index in [-0.39, 0.29) is 0 Å². The van der Waals surface area contributed by atoms with Gasteiger partial charge in [0.15, 0.2) is 12.4 Å². The largest absolute Gasteiger partial charge is 0.479 e. The van der Waals surface area contributed by atoms with Gasteiger partial charge in [-0.25, -0.2) is 0 Å². The lowest BCUT2D eigenvalue weighted by molar-refractivity contribution is -0.124. The molecule has 80 valence electrons. The smallest absolute Gasteiger partial charge is 0.258 e. The van der Waals surface area contributed by atoms with Gasteiger partial charge in [0.25, 0.3) is 5.91 Å². The number of aldehydes is 1. The van der Waals surface area contributed by atoms with Crippen LogP contribution in [0.25, 0.3) is 0 Å². The number of carbonyl (C=O) groups excluding carboxylic acids is 2. The molecular weight excluding hydrogens is 262 g/mol. The predicted molar refractivity (Wildman–Crippen MR) is 58.8 cm³/mol. The summed E-state index contributed by atoms with van der Waals surface area (Å²) >= 11 is 3.23. The van der Waals surface area contributed by atoms with Gasteiger partial charge >= 0.3 is 0 Å². The number of benzene rings is 1. The number of rotatable bonds is 4. The van der Waals surface area contributed by atoms with E-state index in [1.807, 2.05) is 0 Å². The first kappa shape index (κ1) is 11.7. The lowest BCUT2D eigenvalue weighted by atomic mass is 10.2. The molecule has 5 heteroatoms. The van der Waals surface area contributed by atoms with Crippen LogP contribution < -0.4 is 10.5 Å². The van der Waals surface area contributed by atoms with Crippen LogP contribution >= 0.6 is 15.9 Å². The molecule has 0 saturated heterocycles. The van der Waals surface area contributed by atoms with Crippen LogP contribution in [0.2, 0.25) is 0 Å². The average molecular weight is 272 g/mol. The van der Waals surface area contributed by atoms with Gasteiger partial charge in [0.2, 0.25) is 0 Å². The summed E-state index contributed by atoms with van der Waals surface area (Å²) in [4.78, 5) is 21.5. The molecule has 0 spiro atoms. The van der Waals surface area contributed by atoms with Crippen molar-refractivity contribution < 1.29 is 14.3 Å². The van der Waals surface area contributed by atoms with Crippen molar-refractivity contribution in [3.63, 3.8) is 0 Å². The standard InChI is InChI=1S/C10H10BrNO3/c1-6(10(12)14)15-9-7(5-13)3-2-4-8(9)11/h2-6H,1H3,(H2,12,14). The normalized spacial score (nSPS) is 11.9. The third-order valence-corrected chi connectivity index (χ3v) is 2.44. The lowest BCUT2D eigenvalue weighted by Gasteiger charge is -2.14. The van der Waals surface area contributed by atoms with Gasteiger partial charge in [-0.3, -0.25) is 9.59 Å². The van der Waals surface area contributed by atoms with Crippen molar-refractivity contribution in [2.45, 2.75) is 13.0 Å². The van der Waals surface area contributed by atoms with Crippen LogP contribution in [0.3, 0.4) is 0 Å². The molecule has 15 heavy (non-hydrogen) atoms. The van der Waals surface area contributed by atoms with Crippen molar-refractivity contribution in [2.75, 3.05) is 0 Å². The number of halogens is 1. The third-order valence-electron chi connectivity index (χ3n) is 1.82. The first-order chi connectivity index (χ1) is 7.06. The van der Waals surface area contributed by atoms with Gasteiger partial charge in [0.1, 0.15) is 5.75 Å². The highest BCUT2D eigenvalue weighted by molar-refractivity contribution is 9.10. The maximum atomic E-state index is 10.8. The summed E-state index contributed by atoms with van der Waals surface area (Å²) < 4.78 is 5.89. The van der Waals surface area contributed by atoms with Crippen LogP contribution in [0.1, 0.15) is 17.3 Å². The van der Waals surface area contributed by atoms with E-state index in [0.717, 1.165) is 0 Å². The van der Waals surface area contributed by atoms with E-state index in [4.69, 9.17) is 10.5 Å². The van der Waals surface area contributed by atoms with Gasteiger partial charge in [0, 0.05) is 0 Å². The minimum Gasteiger partial charge on any atom is -0.479 e. The Kier molecular flexibility index (Phi) is 3.85. The van der Waals surface area contributed by atoms with Crippen molar-refractivity contribution in [1.82, 2.24) is 0 Å². The molecule has 0 aliphatic heterocycles. The Balaban J connectivity index is 3.02. The molecule has 1 aromatic rings. The van der Waals surface area contributed by atoms with E-state index in [1.165, 1.54) is 6.92 Å². The fraction of sp³-hybridized carbons (Fsp3) is 0.200.